The zero-order valence-electron chi connectivity index (χ0n) is 16.9. The highest BCUT2D eigenvalue weighted by molar-refractivity contribution is 5.98. The Bertz CT molecular complexity index is 1450. The number of benzene rings is 3. The van der Waals surface area contributed by atoms with E-state index in [1.807, 2.05) is 6.07 Å². The normalized spacial score (nSPS) is 11.1. The molecule has 3 aromatic carbocycles. The average molecular weight is 448 g/mol. The van der Waals surface area contributed by atoms with Crippen molar-refractivity contribution in [1.82, 2.24) is 9.99 Å². The van der Waals surface area contributed by atoms with E-state index in [4.69, 9.17) is 5.26 Å². The molecule has 6 nitrogen and oxygen atoms in total. The fraction of sp³-hybridized carbons (Fsp3) is 0.0417. The number of fused-ring (bicyclic) bond motifs is 1. The molecule has 4 rings (SSSR count). The zero-order valence-corrected chi connectivity index (χ0v) is 16.9. The first-order valence-corrected chi connectivity index (χ1v) is 9.67. The molecule has 0 fully saturated rings. The predicted molar refractivity (Wildman–Crippen MR) is 117 cm³/mol. The molecule has 0 saturated heterocycles. The molecular weight excluding hydrogens is 433 g/mol. The largest absolute Gasteiger partial charge is 0.416 e. The molecule has 1 aromatic heterocycles. The molecule has 9 heteroatoms. The number of nitrogens with zero attached hydrogens (tertiary/aromatic N) is 2. The number of aromatic nitrogens is 1. The van der Waals surface area contributed by atoms with E-state index in [1.165, 1.54) is 18.2 Å². The van der Waals surface area contributed by atoms with Crippen LogP contribution in [-0.2, 0) is 6.18 Å². The Balaban J connectivity index is 1.76. The summed E-state index contributed by atoms with van der Waals surface area (Å²) in [5.41, 5.74) is 4.38. The molecule has 4 aromatic rings. The van der Waals surface area contributed by atoms with Crippen LogP contribution in [0.5, 0.6) is 0 Å². The van der Waals surface area contributed by atoms with Crippen molar-refractivity contribution >= 4 is 22.5 Å². The number of hydrazine groups is 1. The number of rotatable bonds is 4. The van der Waals surface area contributed by atoms with Crippen LogP contribution in [0.1, 0.15) is 21.5 Å². The number of nitrogens with one attached hydrogen (secondary N) is 2. The van der Waals surface area contributed by atoms with Crippen LogP contribution in [-0.4, -0.2) is 10.5 Å². The second-order valence-corrected chi connectivity index (χ2v) is 7.07. The lowest BCUT2D eigenvalue weighted by molar-refractivity contribution is -0.137. The van der Waals surface area contributed by atoms with Gasteiger partial charge in [-0.05, 0) is 60.0 Å². The van der Waals surface area contributed by atoms with Crippen molar-refractivity contribution in [2.75, 3.05) is 5.43 Å². The number of halogens is 3. The third kappa shape index (κ3) is 4.41. The maximum Gasteiger partial charge on any atom is 0.416 e. The lowest BCUT2D eigenvalue weighted by Crippen LogP contribution is -2.35. The Morgan fingerprint density at radius 1 is 0.939 bits per heavy atom. The Kier molecular flexibility index (Phi) is 5.58. The Hall–Kier alpha value is -4.58. The molecule has 0 bridgehead atoms. The van der Waals surface area contributed by atoms with Crippen molar-refractivity contribution in [1.29, 1.82) is 5.26 Å². The summed E-state index contributed by atoms with van der Waals surface area (Å²) in [6, 6.07) is 20.5. The van der Waals surface area contributed by atoms with Crippen LogP contribution in [0, 0.1) is 11.3 Å². The van der Waals surface area contributed by atoms with Crippen LogP contribution in [0.15, 0.2) is 83.7 Å². The van der Waals surface area contributed by atoms with Crippen molar-refractivity contribution in [3.63, 3.8) is 0 Å². The minimum Gasteiger partial charge on any atom is -0.298 e. The second-order valence-electron chi connectivity index (χ2n) is 7.07. The summed E-state index contributed by atoms with van der Waals surface area (Å²) in [6.07, 6.45) is -4.59. The Morgan fingerprint density at radius 3 is 2.36 bits per heavy atom. The van der Waals surface area contributed by atoms with Gasteiger partial charge in [-0.1, -0.05) is 24.3 Å². The topological polar surface area (TPSA) is 86.9 Å². The van der Waals surface area contributed by atoms with Gasteiger partial charge in [-0.3, -0.25) is 25.0 Å². The van der Waals surface area contributed by atoms with E-state index in [0.717, 1.165) is 16.7 Å². The van der Waals surface area contributed by atoms with E-state index in [0.29, 0.717) is 22.2 Å². The number of hydrogen-bond donors (Lipinski definition) is 2. The molecule has 1 amide bonds. The predicted octanol–water partition coefficient (Wildman–Crippen LogP) is 4.64. The van der Waals surface area contributed by atoms with Gasteiger partial charge in [-0.15, -0.1) is 0 Å². The number of alkyl halides is 3. The fourth-order valence-corrected chi connectivity index (χ4v) is 3.33. The van der Waals surface area contributed by atoms with Gasteiger partial charge in [0.05, 0.1) is 28.4 Å². The van der Waals surface area contributed by atoms with Crippen molar-refractivity contribution in [2.45, 2.75) is 6.18 Å². The van der Waals surface area contributed by atoms with Gasteiger partial charge < -0.3 is 0 Å². The number of nitriles is 1. The molecule has 0 aliphatic rings. The van der Waals surface area contributed by atoms with Gasteiger partial charge in [0.15, 0.2) is 0 Å². The number of hydrogen-bond acceptors (Lipinski definition) is 4. The Morgan fingerprint density at radius 2 is 1.67 bits per heavy atom. The highest BCUT2D eigenvalue weighted by Gasteiger charge is 2.30. The standard InChI is InChI=1S/C24H15F3N4O2/c25-24(26,27)17-5-3-6-19(13-17)31-21-7-2-1-4-16(21)12-20(23(31)33)22(32)30-29-18-10-8-15(14-28)9-11-18/h1-13,29H,(H,30,32). The number of anilines is 1. The maximum absolute atomic E-state index is 13.2. The minimum absolute atomic E-state index is 0.0132. The minimum atomic E-state index is -4.59. The van der Waals surface area contributed by atoms with E-state index < -0.39 is 23.2 Å². The summed E-state index contributed by atoms with van der Waals surface area (Å²) < 4.78 is 40.8. The molecule has 0 unspecified atom stereocenters. The van der Waals surface area contributed by atoms with E-state index >= 15 is 0 Å². The molecular formula is C24H15F3N4O2. The molecule has 164 valence electrons. The second kappa shape index (κ2) is 8.51. The first-order chi connectivity index (χ1) is 15.8. The van der Waals surface area contributed by atoms with E-state index in [-0.39, 0.29) is 11.3 Å². The highest BCUT2D eigenvalue weighted by atomic mass is 19.4. The van der Waals surface area contributed by atoms with E-state index in [9.17, 15) is 22.8 Å². The molecule has 0 aliphatic carbocycles. The van der Waals surface area contributed by atoms with Crippen molar-refractivity contribution < 1.29 is 18.0 Å². The summed E-state index contributed by atoms with van der Waals surface area (Å²) in [6.45, 7) is 0. The number of pyridine rings is 1. The van der Waals surface area contributed by atoms with Crippen LogP contribution in [0.3, 0.4) is 0 Å². The van der Waals surface area contributed by atoms with Crippen molar-refractivity contribution in [2.24, 2.45) is 0 Å². The first-order valence-electron chi connectivity index (χ1n) is 9.67. The quantitative estimate of drug-likeness (QED) is 0.446. The monoisotopic (exact) mass is 448 g/mol. The number of carbonyl (C=O) groups is 1. The van der Waals surface area contributed by atoms with Gasteiger partial charge in [0.1, 0.15) is 5.56 Å². The van der Waals surface area contributed by atoms with Crippen LogP contribution < -0.4 is 16.4 Å². The molecule has 2 N–H and O–H groups in total. The van der Waals surface area contributed by atoms with Gasteiger partial charge >= 0.3 is 6.18 Å². The first kappa shape index (κ1) is 21.6. The van der Waals surface area contributed by atoms with Gasteiger partial charge in [0.25, 0.3) is 11.5 Å². The van der Waals surface area contributed by atoms with Gasteiger partial charge in [0, 0.05) is 5.69 Å². The number of amides is 1. The van der Waals surface area contributed by atoms with Gasteiger partial charge in [-0.2, -0.15) is 18.4 Å². The van der Waals surface area contributed by atoms with Crippen LogP contribution >= 0.6 is 0 Å². The van der Waals surface area contributed by atoms with Crippen molar-refractivity contribution in [3.8, 4) is 11.8 Å². The smallest absolute Gasteiger partial charge is 0.298 e. The lowest BCUT2D eigenvalue weighted by atomic mass is 10.1. The summed E-state index contributed by atoms with van der Waals surface area (Å²) in [5, 5.41) is 9.35. The maximum atomic E-state index is 13.2. The SMILES string of the molecule is N#Cc1ccc(NNC(=O)c2cc3ccccc3n(-c3cccc(C(F)(F)F)c3)c2=O)cc1. The van der Waals surface area contributed by atoms with Gasteiger partial charge in [0.2, 0.25) is 0 Å². The molecule has 0 saturated carbocycles. The molecule has 0 aliphatic heterocycles. The third-order valence-electron chi connectivity index (χ3n) is 4.92. The molecule has 0 radical (unpaired) electrons. The van der Waals surface area contributed by atoms with E-state index in [1.54, 1.807) is 48.5 Å². The van der Waals surface area contributed by atoms with E-state index in [2.05, 4.69) is 10.9 Å². The lowest BCUT2D eigenvalue weighted by Gasteiger charge is -2.15. The Labute approximate surface area is 185 Å². The summed E-state index contributed by atoms with van der Waals surface area (Å²) in [4.78, 5) is 26.0. The summed E-state index contributed by atoms with van der Waals surface area (Å²) in [5.74, 6) is -0.768. The molecule has 0 spiro atoms. The molecule has 1 heterocycles. The summed E-state index contributed by atoms with van der Waals surface area (Å²) in [7, 11) is 0. The fourth-order valence-electron chi connectivity index (χ4n) is 3.33. The highest BCUT2D eigenvalue weighted by Crippen LogP contribution is 2.30. The zero-order chi connectivity index (χ0) is 23.6. The summed E-state index contributed by atoms with van der Waals surface area (Å²) >= 11 is 0. The van der Waals surface area contributed by atoms with Crippen LogP contribution in [0.2, 0.25) is 0 Å². The van der Waals surface area contributed by atoms with Crippen LogP contribution in [0.25, 0.3) is 16.6 Å². The average Bonchev–Trinajstić information content (AvgIpc) is 2.82. The molecule has 0 atom stereocenters. The number of carbonyl (C=O) groups excluding carboxylic acids is 1. The van der Waals surface area contributed by atoms with Gasteiger partial charge in [-0.25, -0.2) is 0 Å². The third-order valence-corrected chi connectivity index (χ3v) is 4.92. The molecule has 33 heavy (non-hydrogen) atoms. The number of para-hydroxylation sites is 1. The van der Waals surface area contributed by atoms with Crippen molar-refractivity contribution in [3.05, 3.63) is 106 Å². The van der Waals surface area contributed by atoms with Crippen LogP contribution in [0.4, 0.5) is 18.9 Å².